The first kappa shape index (κ1) is 33.4. The number of thiocarbonyl (C=S) groups is 1. The van der Waals surface area contributed by atoms with Gasteiger partial charge in [-0.1, -0.05) is 101 Å². The second kappa shape index (κ2) is 16.5. The molecule has 2 aromatic rings. The van der Waals surface area contributed by atoms with Crippen LogP contribution < -0.4 is 0 Å². The van der Waals surface area contributed by atoms with Gasteiger partial charge in [0.1, 0.15) is 23.3 Å². The minimum atomic E-state index is -1.30. The minimum absolute atomic E-state index is 0.0134. The highest BCUT2D eigenvalue weighted by Gasteiger charge is 2.44. The Morgan fingerprint density at radius 1 is 0.850 bits per heavy atom. The standard InChI is InChI=1S/C29H33BrO8S2/c1-19(30)24(31)37-15-16-38-26(33)23(40-27(39)21-13-9-6-10-14-21)18-29(2,28(34)36-4)17-22(25(32)35-3)20-11-7-5-8-12-20/h5-14,19,22-23H,15-18H2,1-4H3. The lowest BCUT2D eigenvalue weighted by Crippen LogP contribution is -2.38. The van der Waals surface area contributed by atoms with Crippen LogP contribution in [0.3, 0.4) is 0 Å². The van der Waals surface area contributed by atoms with Gasteiger partial charge in [-0.3, -0.25) is 19.2 Å². The van der Waals surface area contributed by atoms with Crippen LogP contribution in [0.5, 0.6) is 0 Å². The zero-order chi connectivity index (χ0) is 29.7. The van der Waals surface area contributed by atoms with Crippen molar-refractivity contribution in [3.63, 3.8) is 0 Å². The summed E-state index contributed by atoms with van der Waals surface area (Å²) in [5.74, 6) is -3.03. The summed E-state index contributed by atoms with van der Waals surface area (Å²) in [5, 5.41) is -0.934. The summed E-state index contributed by atoms with van der Waals surface area (Å²) in [6, 6.07) is 18.1. The van der Waals surface area contributed by atoms with E-state index in [1.54, 1.807) is 38.1 Å². The number of carbonyl (C=O) groups excluding carboxylic acids is 4. The maximum absolute atomic E-state index is 13.3. The number of halogens is 1. The van der Waals surface area contributed by atoms with Crippen LogP contribution in [0.2, 0.25) is 0 Å². The number of esters is 4. The van der Waals surface area contributed by atoms with E-state index in [1.807, 2.05) is 36.4 Å². The molecule has 4 unspecified atom stereocenters. The molecule has 0 aromatic heterocycles. The van der Waals surface area contributed by atoms with Crippen LogP contribution in [0.25, 0.3) is 0 Å². The summed E-state index contributed by atoms with van der Waals surface area (Å²) in [6.07, 6.45) is -0.0335. The molecule has 0 aliphatic rings. The van der Waals surface area contributed by atoms with Gasteiger partial charge in [0.15, 0.2) is 0 Å². The quantitative estimate of drug-likeness (QED) is 0.0883. The van der Waals surface area contributed by atoms with Crippen molar-refractivity contribution < 1.29 is 38.1 Å². The summed E-state index contributed by atoms with van der Waals surface area (Å²) in [4.78, 5) is 50.5. The van der Waals surface area contributed by atoms with Gasteiger partial charge >= 0.3 is 23.9 Å². The van der Waals surface area contributed by atoms with Crippen molar-refractivity contribution in [2.75, 3.05) is 27.4 Å². The molecule has 0 fully saturated rings. The van der Waals surface area contributed by atoms with Crippen molar-refractivity contribution in [2.24, 2.45) is 5.41 Å². The van der Waals surface area contributed by atoms with Crippen LogP contribution in [0.4, 0.5) is 0 Å². The molecule has 0 aliphatic carbocycles. The monoisotopic (exact) mass is 652 g/mol. The van der Waals surface area contributed by atoms with E-state index in [0.29, 0.717) is 9.76 Å². The Kier molecular flexibility index (Phi) is 13.8. The van der Waals surface area contributed by atoms with E-state index in [2.05, 4.69) is 15.9 Å². The average molecular weight is 654 g/mol. The van der Waals surface area contributed by atoms with Crippen molar-refractivity contribution in [1.82, 2.24) is 0 Å². The Labute approximate surface area is 252 Å². The van der Waals surface area contributed by atoms with E-state index < -0.39 is 45.3 Å². The maximum atomic E-state index is 13.3. The first-order valence-electron chi connectivity index (χ1n) is 12.5. The highest BCUT2D eigenvalue weighted by Crippen LogP contribution is 2.41. The van der Waals surface area contributed by atoms with Crippen LogP contribution in [-0.2, 0) is 38.1 Å². The lowest BCUT2D eigenvalue weighted by Gasteiger charge is -2.32. The molecule has 2 rings (SSSR count). The Hall–Kier alpha value is -2.76. The molecule has 8 nitrogen and oxygen atoms in total. The summed E-state index contributed by atoms with van der Waals surface area (Å²) >= 11 is 9.82. The SMILES string of the molecule is COC(=O)C(CC(C)(CC(SC(=S)c1ccccc1)C(=O)OCCOC(=O)C(C)Br)C(=O)OC)c1ccccc1. The third-order valence-electron chi connectivity index (χ3n) is 6.07. The van der Waals surface area contributed by atoms with Gasteiger partial charge in [0.05, 0.1) is 29.7 Å². The van der Waals surface area contributed by atoms with E-state index in [0.717, 1.165) is 17.3 Å². The number of ether oxygens (including phenoxy) is 4. The first-order valence-corrected chi connectivity index (χ1v) is 14.7. The van der Waals surface area contributed by atoms with Gasteiger partial charge in [-0.25, -0.2) is 0 Å². The molecule has 0 aliphatic heterocycles. The number of methoxy groups -OCH3 is 2. The van der Waals surface area contributed by atoms with Gasteiger partial charge in [0.25, 0.3) is 0 Å². The van der Waals surface area contributed by atoms with Gasteiger partial charge in [-0.05, 0) is 37.8 Å². The molecule has 0 bridgehead atoms. The van der Waals surface area contributed by atoms with E-state index in [9.17, 15) is 19.2 Å². The smallest absolute Gasteiger partial charge is 0.319 e. The maximum Gasteiger partial charge on any atom is 0.319 e. The predicted octanol–water partition coefficient (Wildman–Crippen LogP) is 5.25. The fourth-order valence-corrected chi connectivity index (χ4v) is 5.72. The summed E-state index contributed by atoms with van der Waals surface area (Å²) < 4.78 is 21.1. The summed E-state index contributed by atoms with van der Waals surface area (Å²) in [6.45, 7) is 2.95. The highest BCUT2D eigenvalue weighted by molar-refractivity contribution is 9.10. The van der Waals surface area contributed by atoms with E-state index in [1.165, 1.54) is 14.2 Å². The van der Waals surface area contributed by atoms with Crippen LogP contribution in [0.15, 0.2) is 60.7 Å². The van der Waals surface area contributed by atoms with E-state index in [4.69, 9.17) is 31.2 Å². The number of benzene rings is 2. The van der Waals surface area contributed by atoms with Crippen molar-refractivity contribution in [3.05, 3.63) is 71.8 Å². The Morgan fingerprint density at radius 3 is 1.93 bits per heavy atom. The number of hydrogen-bond acceptors (Lipinski definition) is 10. The van der Waals surface area contributed by atoms with Crippen LogP contribution in [0.1, 0.15) is 43.7 Å². The molecule has 0 saturated heterocycles. The molecule has 216 valence electrons. The molecule has 2 aromatic carbocycles. The van der Waals surface area contributed by atoms with Crippen molar-refractivity contribution in [2.45, 2.75) is 42.7 Å². The van der Waals surface area contributed by atoms with Gasteiger partial charge in [0.2, 0.25) is 0 Å². The fourth-order valence-electron chi connectivity index (χ4n) is 3.96. The molecule has 11 heteroatoms. The zero-order valence-electron chi connectivity index (χ0n) is 22.8. The number of carbonyl (C=O) groups is 4. The normalized spacial score (nSPS) is 14.5. The van der Waals surface area contributed by atoms with Crippen LogP contribution in [0, 0.1) is 5.41 Å². The molecule has 0 saturated carbocycles. The molecule has 0 spiro atoms. The van der Waals surface area contributed by atoms with Crippen LogP contribution in [-0.4, -0.2) is 65.6 Å². The molecular weight excluding hydrogens is 620 g/mol. The van der Waals surface area contributed by atoms with Gasteiger partial charge < -0.3 is 18.9 Å². The lowest BCUT2D eigenvalue weighted by molar-refractivity contribution is -0.156. The van der Waals surface area contributed by atoms with E-state index in [-0.39, 0.29) is 26.1 Å². The van der Waals surface area contributed by atoms with Crippen LogP contribution >= 0.6 is 39.9 Å². The molecule has 0 amide bonds. The molecular formula is C29H33BrO8S2. The molecule has 0 radical (unpaired) electrons. The third-order valence-corrected chi connectivity index (χ3v) is 8.07. The highest BCUT2D eigenvalue weighted by atomic mass is 79.9. The fraction of sp³-hybridized carbons (Fsp3) is 0.414. The Bertz CT molecular complexity index is 1160. The molecule has 4 atom stereocenters. The van der Waals surface area contributed by atoms with Gasteiger partial charge in [-0.2, -0.15) is 0 Å². The minimum Gasteiger partial charge on any atom is -0.469 e. The largest absolute Gasteiger partial charge is 0.469 e. The third kappa shape index (κ3) is 10.0. The summed E-state index contributed by atoms with van der Waals surface area (Å²) in [7, 11) is 2.54. The lowest BCUT2D eigenvalue weighted by atomic mass is 9.75. The van der Waals surface area contributed by atoms with Gasteiger partial charge in [-0.15, -0.1) is 0 Å². The van der Waals surface area contributed by atoms with Crippen molar-refractivity contribution in [1.29, 1.82) is 0 Å². The second-order valence-corrected chi connectivity index (χ2v) is 12.4. The molecule has 0 heterocycles. The second-order valence-electron chi connectivity index (χ2n) is 9.16. The Balaban J connectivity index is 2.34. The summed E-state index contributed by atoms with van der Waals surface area (Å²) in [5.41, 5.74) is 0.0977. The number of alkyl halides is 1. The zero-order valence-corrected chi connectivity index (χ0v) is 26.0. The number of thioether (sulfide) groups is 1. The number of hydrogen-bond donors (Lipinski definition) is 0. The predicted molar refractivity (Wildman–Crippen MR) is 160 cm³/mol. The van der Waals surface area contributed by atoms with Crippen molar-refractivity contribution >= 4 is 68.0 Å². The average Bonchev–Trinajstić information content (AvgIpc) is 2.97. The van der Waals surface area contributed by atoms with E-state index >= 15 is 0 Å². The first-order chi connectivity index (χ1) is 19.0. The van der Waals surface area contributed by atoms with Gasteiger partial charge in [0, 0.05) is 0 Å². The molecule has 40 heavy (non-hydrogen) atoms. The molecule has 0 N–H and O–H groups in total. The Morgan fingerprint density at radius 2 is 1.40 bits per heavy atom. The topological polar surface area (TPSA) is 105 Å². The van der Waals surface area contributed by atoms with Crippen molar-refractivity contribution in [3.8, 4) is 0 Å². The number of rotatable bonds is 14.